The summed E-state index contributed by atoms with van der Waals surface area (Å²) in [5.41, 5.74) is 1.24. The van der Waals surface area contributed by atoms with Crippen LogP contribution in [0, 0.1) is 0 Å². The molecule has 0 saturated carbocycles. The summed E-state index contributed by atoms with van der Waals surface area (Å²) >= 11 is 5.92. The molecule has 0 spiro atoms. The van der Waals surface area contributed by atoms with Crippen molar-refractivity contribution in [1.82, 2.24) is 20.0 Å². The van der Waals surface area contributed by atoms with E-state index < -0.39 is 0 Å². The smallest absolute Gasteiger partial charge is 0.326 e. The number of hydrogen-bond donors (Lipinski definition) is 1. The van der Waals surface area contributed by atoms with Gasteiger partial charge in [-0.25, -0.2) is 4.79 Å². The average molecular weight is 407 g/mol. The molecule has 1 aromatic rings. The number of imide groups is 1. The monoisotopic (exact) mass is 406 g/mol. The Morgan fingerprint density at radius 2 is 1.86 bits per heavy atom. The minimum absolute atomic E-state index is 0.0106. The minimum atomic E-state index is -0.279. The molecule has 8 heteroatoms. The molecule has 1 N–H and O–H groups in total. The van der Waals surface area contributed by atoms with Crippen LogP contribution in [-0.2, 0) is 16.1 Å². The Kier molecular flexibility index (Phi) is 6.91. The van der Waals surface area contributed by atoms with Gasteiger partial charge in [0.1, 0.15) is 6.54 Å². The van der Waals surface area contributed by atoms with E-state index in [1.807, 2.05) is 24.3 Å². The number of urea groups is 1. The molecule has 0 bridgehead atoms. The summed E-state index contributed by atoms with van der Waals surface area (Å²) in [6, 6.07) is 7.82. The lowest BCUT2D eigenvalue weighted by Gasteiger charge is -2.32. The van der Waals surface area contributed by atoms with E-state index in [1.54, 1.807) is 7.05 Å². The van der Waals surface area contributed by atoms with Crippen molar-refractivity contribution in [1.29, 1.82) is 0 Å². The number of carbonyl (C=O) groups is 3. The molecule has 0 radical (unpaired) electrons. The standard InChI is InChI=1S/C20H27ClN4O3/c1-23-14-19(27)25(20(23)28)10-2-3-18(26)22-17-8-11-24(12-9-17)13-15-4-6-16(21)7-5-15/h4-7,17H,2-3,8-14H2,1H3,(H,22,26). The van der Waals surface area contributed by atoms with E-state index in [0.717, 1.165) is 37.5 Å². The summed E-state index contributed by atoms with van der Waals surface area (Å²) < 4.78 is 0. The fraction of sp³-hybridized carbons (Fsp3) is 0.550. The zero-order chi connectivity index (χ0) is 20.1. The van der Waals surface area contributed by atoms with Gasteiger partial charge in [-0.15, -0.1) is 0 Å². The van der Waals surface area contributed by atoms with Gasteiger partial charge in [-0.2, -0.15) is 0 Å². The van der Waals surface area contributed by atoms with Gasteiger partial charge in [0, 0.05) is 50.7 Å². The summed E-state index contributed by atoms with van der Waals surface area (Å²) in [5.74, 6) is -0.204. The van der Waals surface area contributed by atoms with Crippen molar-refractivity contribution in [3.8, 4) is 0 Å². The lowest BCUT2D eigenvalue weighted by atomic mass is 10.0. The predicted molar refractivity (Wildman–Crippen MR) is 107 cm³/mol. The molecule has 4 amide bonds. The lowest BCUT2D eigenvalue weighted by molar-refractivity contribution is -0.126. The summed E-state index contributed by atoms with van der Waals surface area (Å²) in [5, 5.41) is 3.83. The second-order valence-electron chi connectivity index (χ2n) is 7.53. The van der Waals surface area contributed by atoms with E-state index in [0.29, 0.717) is 19.4 Å². The zero-order valence-electron chi connectivity index (χ0n) is 16.2. The van der Waals surface area contributed by atoms with Crippen LogP contribution < -0.4 is 5.32 Å². The third kappa shape index (κ3) is 5.45. The Balaban J connectivity index is 1.33. The highest BCUT2D eigenvalue weighted by Gasteiger charge is 2.33. The first-order valence-corrected chi connectivity index (χ1v) is 10.1. The fourth-order valence-electron chi connectivity index (χ4n) is 3.67. The highest BCUT2D eigenvalue weighted by Crippen LogP contribution is 2.16. The lowest BCUT2D eigenvalue weighted by Crippen LogP contribution is -2.44. The van der Waals surface area contributed by atoms with Crippen molar-refractivity contribution in [2.24, 2.45) is 0 Å². The van der Waals surface area contributed by atoms with Gasteiger partial charge < -0.3 is 10.2 Å². The maximum atomic E-state index is 12.2. The highest BCUT2D eigenvalue weighted by atomic mass is 35.5. The molecule has 2 heterocycles. The molecule has 2 saturated heterocycles. The van der Waals surface area contributed by atoms with E-state index in [2.05, 4.69) is 10.2 Å². The second kappa shape index (κ2) is 9.39. The van der Waals surface area contributed by atoms with Crippen molar-refractivity contribution < 1.29 is 14.4 Å². The number of piperidine rings is 1. The molecule has 2 fully saturated rings. The van der Waals surface area contributed by atoms with Crippen LogP contribution in [0.1, 0.15) is 31.2 Å². The number of carbonyl (C=O) groups excluding carboxylic acids is 3. The molecular formula is C20H27ClN4O3. The van der Waals surface area contributed by atoms with Crippen LogP contribution in [0.4, 0.5) is 4.79 Å². The van der Waals surface area contributed by atoms with Crippen molar-refractivity contribution in [3.05, 3.63) is 34.9 Å². The van der Waals surface area contributed by atoms with Crippen LogP contribution in [0.25, 0.3) is 0 Å². The molecule has 0 atom stereocenters. The summed E-state index contributed by atoms with van der Waals surface area (Å²) in [4.78, 5) is 40.7. The van der Waals surface area contributed by atoms with Crippen LogP contribution in [-0.4, -0.2) is 71.8 Å². The maximum absolute atomic E-state index is 12.2. The zero-order valence-corrected chi connectivity index (χ0v) is 17.0. The second-order valence-corrected chi connectivity index (χ2v) is 7.97. The molecule has 28 heavy (non-hydrogen) atoms. The van der Waals surface area contributed by atoms with Crippen molar-refractivity contribution in [2.75, 3.05) is 33.2 Å². The van der Waals surface area contributed by atoms with Gasteiger partial charge in [0.25, 0.3) is 0 Å². The normalized spacial score (nSPS) is 18.8. The van der Waals surface area contributed by atoms with E-state index in [1.165, 1.54) is 15.4 Å². The summed E-state index contributed by atoms with van der Waals surface area (Å²) in [7, 11) is 1.60. The largest absolute Gasteiger partial charge is 0.353 e. The van der Waals surface area contributed by atoms with E-state index in [-0.39, 0.29) is 30.4 Å². The van der Waals surface area contributed by atoms with Crippen LogP contribution in [0.3, 0.4) is 0 Å². The van der Waals surface area contributed by atoms with Crippen molar-refractivity contribution in [3.63, 3.8) is 0 Å². The summed E-state index contributed by atoms with van der Waals surface area (Å²) in [6.07, 6.45) is 2.67. The quantitative estimate of drug-likeness (QED) is 0.704. The molecule has 1 aromatic carbocycles. The number of nitrogens with one attached hydrogen (secondary N) is 1. The SMILES string of the molecule is CN1CC(=O)N(CCCC(=O)NC2CCN(Cc3ccc(Cl)cc3)CC2)C1=O. The number of amides is 4. The predicted octanol–water partition coefficient (Wildman–Crippen LogP) is 2.09. The van der Waals surface area contributed by atoms with Crippen molar-refractivity contribution >= 4 is 29.4 Å². The van der Waals surface area contributed by atoms with Gasteiger partial charge in [-0.3, -0.25) is 19.4 Å². The Hall–Kier alpha value is -2.12. The molecule has 152 valence electrons. The van der Waals surface area contributed by atoms with Gasteiger partial charge in [-0.05, 0) is 37.0 Å². The fourth-order valence-corrected chi connectivity index (χ4v) is 3.80. The van der Waals surface area contributed by atoms with Gasteiger partial charge in [0.15, 0.2) is 0 Å². The number of rotatable bonds is 7. The Morgan fingerprint density at radius 1 is 1.18 bits per heavy atom. The van der Waals surface area contributed by atoms with Crippen LogP contribution in [0.2, 0.25) is 5.02 Å². The van der Waals surface area contributed by atoms with Gasteiger partial charge in [-0.1, -0.05) is 23.7 Å². The topological polar surface area (TPSA) is 73.0 Å². The van der Waals surface area contributed by atoms with Gasteiger partial charge >= 0.3 is 6.03 Å². The maximum Gasteiger partial charge on any atom is 0.326 e. The molecule has 7 nitrogen and oxygen atoms in total. The van der Waals surface area contributed by atoms with Gasteiger partial charge in [0.05, 0.1) is 0 Å². The number of likely N-dealkylation sites (tertiary alicyclic amines) is 1. The van der Waals surface area contributed by atoms with E-state index in [4.69, 9.17) is 11.6 Å². The molecule has 0 unspecified atom stereocenters. The molecule has 2 aliphatic rings. The van der Waals surface area contributed by atoms with E-state index in [9.17, 15) is 14.4 Å². The molecule has 0 aromatic heterocycles. The number of halogens is 1. The molecule has 2 aliphatic heterocycles. The number of benzene rings is 1. The van der Waals surface area contributed by atoms with Crippen LogP contribution in [0.5, 0.6) is 0 Å². The number of hydrogen-bond acceptors (Lipinski definition) is 4. The van der Waals surface area contributed by atoms with E-state index >= 15 is 0 Å². The number of likely N-dealkylation sites (N-methyl/N-ethyl adjacent to an activating group) is 1. The Bertz CT molecular complexity index is 717. The van der Waals surface area contributed by atoms with Gasteiger partial charge in [0.2, 0.25) is 11.8 Å². The van der Waals surface area contributed by atoms with Crippen LogP contribution >= 0.6 is 11.6 Å². The minimum Gasteiger partial charge on any atom is -0.353 e. The first-order valence-electron chi connectivity index (χ1n) is 9.74. The average Bonchev–Trinajstić information content (AvgIpc) is 2.91. The third-order valence-electron chi connectivity index (χ3n) is 5.29. The number of nitrogens with zero attached hydrogens (tertiary/aromatic N) is 3. The van der Waals surface area contributed by atoms with Crippen molar-refractivity contribution in [2.45, 2.75) is 38.3 Å². The Labute approximate surface area is 170 Å². The molecular weight excluding hydrogens is 380 g/mol. The Morgan fingerprint density at radius 3 is 2.46 bits per heavy atom. The van der Waals surface area contributed by atoms with Crippen LogP contribution in [0.15, 0.2) is 24.3 Å². The third-order valence-corrected chi connectivity index (χ3v) is 5.54. The first kappa shape index (κ1) is 20.6. The molecule has 0 aliphatic carbocycles. The summed E-state index contributed by atoms with van der Waals surface area (Å²) in [6.45, 7) is 3.20. The molecule has 3 rings (SSSR count). The first-order chi connectivity index (χ1) is 13.4. The highest BCUT2D eigenvalue weighted by molar-refractivity contribution is 6.30.